The van der Waals surface area contributed by atoms with Crippen LogP contribution in [0.3, 0.4) is 0 Å². The van der Waals surface area contributed by atoms with Crippen molar-refractivity contribution in [3.05, 3.63) is 96.8 Å². The molecule has 0 spiro atoms. The third-order valence-electron chi connectivity index (χ3n) is 5.85. The summed E-state index contributed by atoms with van der Waals surface area (Å²) in [6.45, 7) is 0. The van der Waals surface area contributed by atoms with Crippen LogP contribution in [0, 0.1) is 11.3 Å². The molecule has 0 atom stereocenters. The summed E-state index contributed by atoms with van der Waals surface area (Å²) in [5.74, 6) is 0.728. The molecule has 6 aromatic rings. The van der Waals surface area contributed by atoms with Gasteiger partial charge in [-0.15, -0.1) is 0 Å². The first-order chi connectivity index (χ1) is 16.3. The van der Waals surface area contributed by atoms with Crippen LogP contribution in [-0.4, -0.2) is 9.97 Å². The van der Waals surface area contributed by atoms with E-state index in [-0.39, 0.29) is 0 Å². The molecule has 0 amide bonds. The van der Waals surface area contributed by atoms with Crippen molar-refractivity contribution in [2.24, 2.45) is 0 Å². The predicted molar refractivity (Wildman–Crippen MR) is 131 cm³/mol. The minimum Gasteiger partial charge on any atom is -0.455 e. The fourth-order valence-electron chi connectivity index (χ4n) is 4.23. The number of anilines is 2. The minimum absolute atomic E-state index is 0.396. The molecule has 2 aromatic heterocycles. The van der Waals surface area contributed by atoms with Gasteiger partial charge < -0.3 is 9.73 Å². The summed E-state index contributed by atoms with van der Waals surface area (Å²) >= 11 is 0. The van der Waals surface area contributed by atoms with Crippen LogP contribution < -0.4 is 5.32 Å². The lowest BCUT2D eigenvalue weighted by Crippen LogP contribution is -1.96. The summed E-state index contributed by atoms with van der Waals surface area (Å²) in [6, 6.07) is 30.5. The number of nitriles is 1. The Hall–Kier alpha value is -4.69. The van der Waals surface area contributed by atoms with E-state index >= 15 is 0 Å². The van der Waals surface area contributed by atoms with Gasteiger partial charge in [-0.25, -0.2) is 9.97 Å². The van der Waals surface area contributed by atoms with Crippen LogP contribution in [0.4, 0.5) is 11.5 Å². The van der Waals surface area contributed by atoms with Crippen LogP contribution in [0.2, 0.25) is 0 Å². The number of hydrogen-bond acceptors (Lipinski definition) is 5. The van der Waals surface area contributed by atoms with E-state index in [0.717, 1.165) is 61.0 Å². The molecule has 0 aliphatic heterocycles. The second-order valence-corrected chi connectivity index (χ2v) is 7.89. The van der Waals surface area contributed by atoms with E-state index in [2.05, 4.69) is 57.8 Å². The molecule has 0 unspecified atom stereocenters. The molecule has 1 N–H and O–H groups in total. The van der Waals surface area contributed by atoms with E-state index in [1.165, 1.54) is 0 Å². The van der Waals surface area contributed by atoms with Gasteiger partial charge in [-0.05, 0) is 41.5 Å². The highest BCUT2D eigenvalue weighted by molar-refractivity contribution is 6.10. The van der Waals surface area contributed by atoms with Gasteiger partial charge in [0.05, 0.1) is 18.0 Å². The Morgan fingerprint density at radius 2 is 1.67 bits per heavy atom. The van der Waals surface area contributed by atoms with Crippen LogP contribution >= 0.6 is 0 Å². The van der Waals surface area contributed by atoms with E-state index < -0.39 is 0 Å². The van der Waals surface area contributed by atoms with Crippen molar-refractivity contribution in [1.82, 2.24) is 9.97 Å². The van der Waals surface area contributed by atoms with E-state index in [9.17, 15) is 0 Å². The Balaban J connectivity index is 1.46. The van der Waals surface area contributed by atoms with Crippen molar-refractivity contribution in [2.75, 3.05) is 5.32 Å². The van der Waals surface area contributed by atoms with Crippen molar-refractivity contribution in [2.45, 2.75) is 6.42 Å². The summed E-state index contributed by atoms with van der Waals surface area (Å²) in [5, 5.41) is 15.4. The molecule has 0 aliphatic carbocycles. The highest BCUT2D eigenvalue weighted by Crippen LogP contribution is 2.37. The van der Waals surface area contributed by atoms with Crippen molar-refractivity contribution in [3.8, 4) is 17.2 Å². The topological polar surface area (TPSA) is 74.7 Å². The van der Waals surface area contributed by atoms with Crippen LogP contribution in [0.15, 0.2) is 95.7 Å². The van der Waals surface area contributed by atoms with Crippen LogP contribution in [0.25, 0.3) is 44.0 Å². The number of nitrogens with one attached hydrogen (secondary N) is 1. The van der Waals surface area contributed by atoms with Gasteiger partial charge >= 0.3 is 0 Å². The predicted octanol–water partition coefficient (Wildman–Crippen LogP) is 7.01. The highest BCUT2D eigenvalue weighted by Gasteiger charge is 2.13. The highest BCUT2D eigenvalue weighted by atomic mass is 16.3. The Labute approximate surface area is 189 Å². The van der Waals surface area contributed by atoms with Crippen LogP contribution in [0.5, 0.6) is 0 Å². The van der Waals surface area contributed by atoms with Gasteiger partial charge in [-0.1, -0.05) is 54.6 Å². The molecule has 156 valence electrons. The molecule has 0 radical (unpaired) electrons. The minimum atomic E-state index is 0.396. The van der Waals surface area contributed by atoms with Gasteiger partial charge in [0, 0.05) is 27.4 Å². The molecule has 0 aliphatic rings. The van der Waals surface area contributed by atoms with Gasteiger partial charge in [0.15, 0.2) is 0 Å². The maximum Gasteiger partial charge on any atom is 0.143 e. The largest absolute Gasteiger partial charge is 0.455 e. The monoisotopic (exact) mass is 426 g/mol. The average Bonchev–Trinajstić information content (AvgIpc) is 3.24. The van der Waals surface area contributed by atoms with Crippen molar-refractivity contribution < 1.29 is 4.42 Å². The number of hydrogen-bond donors (Lipinski definition) is 1. The number of furan rings is 1. The molecule has 2 heterocycles. The smallest absolute Gasteiger partial charge is 0.143 e. The first kappa shape index (κ1) is 19.0. The third-order valence-corrected chi connectivity index (χ3v) is 5.85. The lowest BCUT2D eigenvalue weighted by molar-refractivity contribution is 0.670. The van der Waals surface area contributed by atoms with Gasteiger partial charge in [0.25, 0.3) is 0 Å². The number of aromatic nitrogens is 2. The number of rotatable bonds is 4. The van der Waals surface area contributed by atoms with Crippen molar-refractivity contribution >= 4 is 44.3 Å². The van der Waals surface area contributed by atoms with Gasteiger partial charge in [0.1, 0.15) is 23.3 Å². The van der Waals surface area contributed by atoms with Gasteiger partial charge in [-0.2, -0.15) is 5.26 Å². The molecular formula is C28H18N4O. The molecule has 33 heavy (non-hydrogen) atoms. The van der Waals surface area contributed by atoms with Gasteiger partial charge in [0.2, 0.25) is 0 Å². The summed E-state index contributed by atoms with van der Waals surface area (Å²) < 4.78 is 6.24. The molecule has 0 saturated heterocycles. The maximum atomic E-state index is 8.88. The number of fused-ring (bicyclic) bond motifs is 4. The molecular weight excluding hydrogens is 408 g/mol. The zero-order valence-corrected chi connectivity index (χ0v) is 17.6. The molecule has 0 saturated carbocycles. The first-order valence-corrected chi connectivity index (χ1v) is 10.7. The standard InChI is InChI=1S/C28H18N4O/c29-15-14-18-8-11-20(12-9-18)32-28-24-16-19(10-13-25(24)30-17-31-28)21-5-3-6-23-22-4-1-2-7-26(22)33-27(21)23/h1-13,16-17H,14H2,(H,30,31,32). The normalized spacial score (nSPS) is 11.1. The second kappa shape index (κ2) is 7.77. The molecule has 4 aromatic carbocycles. The first-order valence-electron chi connectivity index (χ1n) is 10.7. The van der Waals surface area contributed by atoms with E-state index in [1.807, 2.05) is 48.5 Å². The molecule has 0 fully saturated rings. The Kier molecular flexibility index (Phi) is 4.48. The SMILES string of the molecule is N#CCc1ccc(Nc2ncnc3ccc(-c4cccc5c4oc4ccccc45)cc23)cc1. The average molecular weight is 426 g/mol. The summed E-state index contributed by atoms with van der Waals surface area (Å²) in [5.41, 5.74) is 6.56. The molecule has 5 nitrogen and oxygen atoms in total. The van der Waals surface area contributed by atoms with E-state index in [4.69, 9.17) is 9.68 Å². The number of para-hydroxylation sites is 2. The van der Waals surface area contributed by atoms with E-state index in [0.29, 0.717) is 6.42 Å². The van der Waals surface area contributed by atoms with Gasteiger partial charge in [-0.3, -0.25) is 0 Å². The fraction of sp³-hybridized carbons (Fsp3) is 0.0357. The van der Waals surface area contributed by atoms with Crippen LogP contribution in [0.1, 0.15) is 5.56 Å². The third kappa shape index (κ3) is 3.35. The zero-order chi connectivity index (χ0) is 22.2. The van der Waals surface area contributed by atoms with E-state index in [1.54, 1.807) is 6.33 Å². The molecule has 6 rings (SSSR count). The zero-order valence-electron chi connectivity index (χ0n) is 17.6. The lowest BCUT2D eigenvalue weighted by atomic mass is 10.0. The lowest BCUT2D eigenvalue weighted by Gasteiger charge is -2.10. The maximum absolute atomic E-state index is 8.88. The fourth-order valence-corrected chi connectivity index (χ4v) is 4.23. The van der Waals surface area contributed by atoms with Crippen LogP contribution in [-0.2, 0) is 6.42 Å². The molecule has 5 heteroatoms. The number of benzene rings is 4. The Morgan fingerprint density at radius 1 is 0.818 bits per heavy atom. The second-order valence-electron chi connectivity index (χ2n) is 7.89. The quantitative estimate of drug-likeness (QED) is 0.328. The Morgan fingerprint density at radius 3 is 2.55 bits per heavy atom. The summed E-state index contributed by atoms with van der Waals surface area (Å²) in [4.78, 5) is 8.94. The number of nitrogens with zero attached hydrogens (tertiary/aromatic N) is 3. The summed E-state index contributed by atoms with van der Waals surface area (Å²) in [6.07, 6.45) is 1.96. The summed E-state index contributed by atoms with van der Waals surface area (Å²) in [7, 11) is 0. The molecule has 0 bridgehead atoms. The Bertz CT molecular complexity index is 1680. The van der Waals surface area contributed by atoms with Crippen molar-refractivity contribution in [1.29, 1.82) is 5.26 Å². The van der Waals surface area contributed by atoms with Crippen molar-refractivity contribution in [3.63, 3.8) is 0 Å².